The predicted octanol–water partition coefficient (Wildman–Crippen LogP) is 4.59. The van der Waals surface area contributed by atoms with Crippen molar-refractivity contribution in [1.29, 1.82) is 0 Å². The maximum atomic E-state index is 12.4. The fourth-order valence-corrected chi connectivity index (χ4v) is 3.21. The normalized spacial score (nSPS) is 12.0. The van der Waals surface area contributed by atoms with Crippen molar-refractivity contribution in [1.82, 2.24) is 0 Å². The Morgan fingerprint density at radius 1 is 0.750 bits per heavy atom. The zero-order valence-corrected chi connectivity index (χ0v) is 15.2. The maximum absolute atomic E-state index is 12.4. The Kier molecular flexibility index (Phi) is 5.22. The van der Waals surface area contributed by atoms with E-state index in [9.17, 15) is 9.90 Å². The lowest BCUT2D eigenvalue weighted by atomic mass is 10.1. The van der Waals surface area contributed by atoms with Crippen molar-refractivity contribution in [3.05, 3.63) is 90.5 Å². The standard InChI is InChI=1S/C24H20O4/c25-19(15-27-23-14-6-10-18-8-2-4-12-21(18)23)16-28-24(26)22-13-5-9-17-7-1-3-11-20(17)22/h1-14,19,25H,15-16H2. The summed E-state index contributed by atoms with van der Waals surface area (Å²) in [7, 11) is 0. The van der Waals surface area contributed by atoms with Crippen molar-refractivity contribution in [3.63, 3.8) is 0 Å². The van der Waals surface area contributed by atoms with E-state index < -0.39 is 12.1 Å². The highest BCUT2D eigenvalue weighted by Crippen LogP contribution is 2.25. The van der Waals surface area contributed by atoms with Crippen molar-refractivity contribution in [3.8, 4) is 5.75 Å². The Morgan fingerprint density at radius 3 is 2.14 bits per heavy atom. The van der Waals surface area contributed by atoms with Gasteiger partial charge in [0.15, 0.2) is 0 Å². The molecule has 140 valence electrons. The Bertz CT molecular complexity index is 1110. The van der Waals surface area contributed by atoms with E-state index in [0.29, 0.717) is 11.3 Å². The van der Waals surface area contributed by atoms with Gasteiger partial charge >= 0.3 is 5.97 Å². The summed E-state index contributed by atoms with van der Waals surface area (Å²) in [4.78, 5) is 12.4. The van der Waals surface area contributed by atoms with Crippen molar-refractivity contribution in [2.45, 2.75) is 6.10 Å². The second-order valence-electron chi connectivity index (χ2n) is 6.57. The van der Waals surface area contributed by atoms with Crippen molar-refractivity contribution >= 4 is 27.5 Å². The molecule has 0 amide bonds. The fourth-order valence-electron chi connectivity index (χ4n) is 3.21. The number of rotatable bonds is 6. The summed E-state index contributed by atoms with van der Waals surface area (Å²) in [6.07, 6.45) is -0.919. The van der Waals surface area contributed by atoms with Crippen LogP contribution in [0.5, 0.6) is 5.75 Å². The van der Waals surface area contributed by atoms with Gasteiger partial charge in [-0.1, -0.05) is 72.8 Å². The molecule has 0 aromatic heterocycles. The largest absolute Gasteiger partial charge is 0.490 e. The first kappa shape index (κ1) is 18.0. The molecular weight excluding hydrogens is 352 g/mol. The third kappa shape index (κ3) is 3.82. The molecule has 1 unspecified atom stereocenters. The molecule has 0 saturated carbocycles. The molecule has 28 heavy (non-hydrogen) atoms. The molecule has 0 bridgehead atoms. The molecule has 4 nitrogen and oxygen atoms in total. The Balaban J connectivity index is 1.37. The first-order valence-electron chi connectivity index (χ1n) is 9.16. The van der Waals surface area contributed by atoms with Gasteiger partial charge in [0.25, 0.3) is 0 Å². The molecule has 0 fully saturated rings. The van der Waals surface area contributed by atoms with E-state index in [-0.39, 0.29) is 13.2 Å². The number of carbonyl (C=O) groups excluding carboxylic acids is 1. The second-order valence-corrected chi connectivity index (χ2v) is 6.57. The lowest BCUT2D eigenvalue weighted by Crippen LogP contribution is -2.25. The summed E-state index contributed by atoms with van der Waals surface area (Å²) in [6, 6.07) is 26.8. The van der Waals surface area contributed by atoms with Gasteiger partial charge in [0, 0.05) is 5.39 Å². The molecule has 0 spiro atoms. The highest BCUT2D eigenvalue weighted by Gasteiger charge is 2.14. The lowest BCUT2D eigenvalue weighted by molar-refractivity contribution is 0.0134. The van der Waals surface area contributed by atoms with Crippen LogP contribution in [0.2, 0.25) is 0 Å². The summed E-state index contributed by atoms with van der Waals surface area (Å²) in [5, 5.41) is 14.0. The summed E-state index contributed by atoms with van der Waals surface area (Å²) < 4.78 is 11.1. The van der Waals surface area contributed by atoms with Crippen LogP contribution in [0, 0.1) is 0 Å². The number of hydrogen-bond donors (Lipinski definition) is 1. The van der Waals surface area contributed by atoms with Crippen LogP contribution in [0.4, 0.5) is 0 Å². The molecule has 1 atom stereocenters. The van der Waals surface area contributed by atoms with Crippen LogP contribution in [0.1, 0.15) is 10.4 Å². The van der Waals surface area contributed by atoms with E-state index in [4.69, 9.17) is 9.47 Å². The van der Waals surface area contributed by atoms with Gasteiger partial charge in [0.05, 0.1) is 5.56 Å². The molecule has 4 rings (SSSR count). The van der Waals surface area contributed by atoms with Crippen molar-refractivity contribution < 1.29 is 19.4 Å². The topological polar surface area (TPSA) is 55.8 Å². The van der Waals surface area contributed by atoms with Gasteiger partial charge in [-0.15, -0.1) is 0 Å². The molecule has 4 aromatic carbocycles. The van der Waals surface area contributed by atoms with Gasteiger partial charge in [0.1, 0.15) is 25.1 Å². The molecule has 0 saturated heterocycles. The molecule has 1 N–H and O–H groups in total. The number of hydrogen-bond acceptors (Lipinski definition) is 4. The average molecular weight is 372 g/mol. The Hall–Kier alpha value is -3.37. The molecule has 0 aliphatic rings. The smallest absolute Gasteiger partial charge is 0.338 e. The first-order valence-corrected chi connectivity index (χ1v) is 9.16. The van der Waals surface area contributed by atoms with Crippen LogP contribution in [0.25, 0.3) is 21.5 Å². The van der Waals surface area contributed by atoms with Crippen molar-refractivity contribution in [2.24, 2.45) is 0 Å². The molecule has 4 aromatic rings. The van der Waals surface area contributed by atoms with E-state index in [1.165, 1.54) is 0 Å². The first-order chi connectivity index (χ1) is 13.7. The quantitative estimate of drug-likeness (QED) is 0.503. The SMILES string of the molecule is O=C(OCC(O)COc1cccc2ccccc12)c1cccc2ccccc12. The molecule has 4 heteroatoms. The van der Waals surface area contributed by atoms with Gasteiger partial charge in [-0.05, 0) is 28.3 Å². The number of carbonyl (C=O) groups is 1. The summed E-state index contributed by atoms with van der Waals surface area (Å²) in [5.41, 5.74) is 0.486. The zero-order valence-electron chi connectivity index (χ0n) is 15.2. The van der Waals surface area contributed by atoms with Gasteiger partial charge in [-0.25, -0.2) is 4.79 Å². The average Bonchev–Trinajstić information content (AvgIpc) is 2.75. The van der Waals surface area contributed by atoms with Gasteiger partial charge in [-0.2, -0.15) is 0 Å². The minimum atomic E-state index is -0.919. The number of aliphatic hydroxyl groups excluding tert-OH is 1. The summed E-state index contributed by atoms with van der Waals surface area (Å²) >= 11 is 0. The van der Waals surface area contributed by atoms with E-state index in [2.05, 4.69) is 0 Å². The van der Waals surface area contributed by atoms with Crippen LogP contribution in [-0.2, 0) is 4.74 Å². The van der Waals surface area contributed by atoms with Crippen molar-refractivity contribution in [2.75, 3.05) is 13.2 Å². The molecule has 0 heterocycles. The predicted molar refractivity (Wildman–Crippen MR) is 110 cm³/mol. The van der Waals surface area contributed by atoms with E-state index in [0.717, 1.165) is 21.5 Å². The molecular formula is C24H20O4. The second kappa shape index (κ2) is 8.11. The zero-order chi connectivity index (χ0) is 19.3. The summed E-state index contributed by atoms with van der Waals surface area (Å²) in [5.74, 6) is 0.235. The minimum absolute atomic E-state index is 0.0385. The van der Waals surface area contributed by atoms with Crippen LogP contribution < -0.4 is 4.74 Å². The van der Waals surface area contributed by atoms with Crippen LogP contribution in [-0.4, -0.2) is 30.4 Å². The van der Waals surface area contributed by atoms with E-state index >= 15 is 0 Å². The van der Waals surface area contributed by atoms with Crippen LogP contribution in [0.3, 0.4) is 0 Å². The van der Waals surface area contributed by atoms with Gasteiger partial charge in [-0.3, -0.25) is 0 Å². The van der Waals surface area contributed by atoms with E-state index in [1.807, 2.05) is 78.9 Å². The van der Waals surface area contributed by atoms with Crippen LogP contribution >= 0.6 is 0 Å². The minimum Gasteiger partial charge on any atom is -0.490 e. The number of esters is 1. The van der Waals surface area contributed by atoms with Crippen LogP contribution in [0.15, 0.2) is 84.9 Å². The number of ether oxygens (including phenoxy) is 2. The van der Waals surface area contributed by atoms with Gasteiger partial charge < -0.3 is 14.6 Å². The third-order valence-corrected chi connectivity index (χ3v) is 4.60. The number of fused-ring (bicyclic) bond motifs is 2. The molecule has 0 aliphatic heterocycles. The number of benzene rings is 4. The van der Waals surface area contributed by atoms with E-state index in [1.54, 1.807) is 6.07 Å². The van der Waals surface area contributed by atoms with Gasteiger partial charge in [0.2, 0.25) is 0 Å². The molecule has 0 radical (unpaired) electrons. The summed E-state index contributed by atoms with van der Waals surface area (Å²) in [6.45, 7) is -0.0936. The number of aliphatic hydroxyl groups is 1. The fraction of sp³-hybridized carbons (Fsp3) is 0.125. The third-order valence-electron chi connectivity index (χ3n) is 4.60. The highest BCUT2D eigenvalue weighted by atomic mass is 16.5. The highest BCUT2D eigenvalue weighted by molar-refractivity contribution is 6.04. The Morgan fingerprint density at radius 2 is 1.36 bits per heavy atom. The Labute approximate surface area is 162 Å². The monoisotopic (exact) mass is 372 g/mol. The molecule has 0 aliphatic carbocycles. The lowest BCUT2D eigenvalue weighted by Gasteiger charge is -2.14. The maximum Gasteiger partial charge on any atom is 0.338 e.